The van der Waals surface area contributed by atoms with E-state index in [2.05, 4.69) is 39.6 Å². The number of aliphatic hydroxyl groups is 1. The Morgan fingerprint density at radius 2 is 1.86 bits per heavy atom. The van der Waals surface area contributed by atoms with Gasteiger partial charge in [-0.3, -0.25) is 4.79 Å². The summed E-state index contributed by atoms with van der Waals surface area (Å²) >= 11 is 0. The van der Waals surface area contributed by atoms with E-state index in [-0.39, 0.29) is 24.0 Å². The number of anilines is 1. The van der Waals surface area contributed by atoms with E-state index in [1.807, 2.05) is 4.90 Å². The zero-order valence-corrected chi connectivity index (χ0v) is 23.4. The lowest BCUT2D eigenvalue weighted by atomic mass is 9.85. The van der Waals surface area contributed by atoms with Crippen LogP contribution in [0.15, 0.2) is 30.5 Å². The number of hydrogen-bond donors (Lipinski definition) is 6. The Balaban J connectivity index is 0.000000310. The molecule has 0 bridgehead atoms. The lowest BCUT2D eigenvalue weighted by Gasteiger charge is -2.32. The molecule has 7 N–H and O–H groups in total. The zero-order chi connectivity index (χ0) is 32.0. The number of carboxylic acid groups (broad SMARTS) is 2. The van der Waals surface area contributed by atoms with Gasteiger partial charge in [-0.25, -0.2) is 14.6 Å². The van der Waals surface area contributed by atoms with Crippen molar-refractivity contribution in [1.82, 2.24) is 20.2 Å². The fraction of sp³-hybridized carbons (Fsp3) is 0.464. The Labute approximate surface area is 246 Å². The second-order valence-electron chi connectivity index (χ2n) is 9.74. The highest BCUT2D eigenvalue weighted by Gasteiger charge is 2.38. The van der Waals surface area contributed by atoms with E-state index in [4.69, 9.17) is 31.1 Å². The molecule has 43 heavy (non-hydrogen) atoms. The largest absolute Gasteiger partial charge is 0.490 e. The summed E-state index contributed by atoms with van der Waals surface area (Å²) < 4.78 is 31.7. The molecule has 12 nitrogen and oxygen atoms in total. The number of aromatic carboxylic acids is 1. The molecule has 15 heteroatoms. The van der Waals surface area contributed by atoms with Crippen LogP contribution in [0, 0.1) is 11.3 Å². The van der Waals surface area contributed by atoms with Crippen LogP contribution in [0.2, 0.25) is 0 Å². The summed E-state index contributed by atoms with van der Waals surface area (Å²) in [4.78, 5) is 38.8. The number of carboxylic acids is 2. The lowest BCUT2D eigenvalue weighted by molar-refractivity contribution is -0.192. The highest BCUT2D eigenvalue weighted by atomic mass is 19.4. The number of H-pyrrole nitrogens is 1. The summed E-state index contributed by atoms with van der Waals surface area (Å²) in [6.07, 6.45) is 5.24. The molecule has 0 radical (unpaired) electrons. The number of amides is 1. The highest BCUT2D eigenvalue weighted by molar-refractivity contribution is 5.83. The number of aliphatic hydroxyl groups excluding tert-OH is 1. The molecule has 1 fully saturated rings. The number of carbonyl (C=O) groups excluding carboxylic acids is 1. The maximum Gasteiger partial charge on any atom is 0.490 e. The van der Waals surface area contributed by atoms with Gasteiger partial charge >= 0.3 is 18.1 Å². The number of alkyl halides is 3. The average molecular weight is 609 g/mol. The number of aromatic amines is 1. The smallest absolute Gasteiger partial charge is 0.475 e. The van der Waals surface area contributed by atoms with Crippen molar-refractivity contribution in [3.05, 3.63) is 53.1 Å². The van der Waals surface area contributed by atoms with Gasteiger partial charge < -0.3 is 36.3 Å². The number of imidazole rings is 1. The van der Waals surface area contributed by atoms with Crippen molar-refractivity contribution in [2.75, 3.05) is 38.5 Å². The number of nitrogens with two attached hydrogens (primary N) is 1. The summed E-state index contributed by atoms with van der Waals surface area (Å²) in [7, 11) is 0. The molecule has 0 unspecified atom stereocenters. The van der Waals surface area contributed by atoms with Gasteiger partial charge in [-0.05, 0) is 67.7 Å². The van der Waals surface area contributed by atoms with Crippen molar-refractivity contribution in [3.63, 3.8) is 0 Å². The van der Waals surface area contributed by atoms with E-state index in [0.29, 0.717) is 19.0 Å². The van der Waals surface area contributed by atoms with Gasteiger partial charge in [-0.1, -0.05) is 12.1 Å². The number of hydrogen-bond acceptors (Lipinski definition) is 8. The Hall–Kier alpha value is -4.42. The van der Waals surface area contributed by atoms with Crippen LogP contribution in [0.5, 0.6) is 0 Å². The number of piperidine rings is 1. The Morgan fingerprint density at radius 3 is 2.35 bits per heavy atom. The molecule has 1 aliphatic carbocycles. The van der Waals surface area contributed by atoms with Crippen LogP contribution < -0.4 is 11.1 Å². The number of benzene rings is 1. The summed E-state index contributed by atoms with van der Waals surface area (Å²) in [5, 5.41) is 35.4. The number of halogens is 3. The molecule has 0 saturated carbocycles. The maximum absolute atomic E-state index is 12.2. The molecule has 2 heterocycles. The molecular weight excluding hydrogens is 573 g/mol. The van der Waals surface area contributed by atoms with Crippen molar-refractivity contribution in [2.45, 2.75) is 50.6 Å². The predicted molar refractivity (Wildman–Crippen MR) is 150 cm³/mol. The summed E-state index contributed by atoms with van der Waals surface area (Å²) in [6.45, 7) is 2.43. The molecule has 1 aliphatic heterocycles. The number of nitriles is 1. The SMILES string of the molecule is N#Cc1cnc(C(=O)O)[nH]1.Nc1ccc(C2CCN(C(=O)CNCCO)CC2)cc1C1=CCCCC1.O=C(O)C(F)(F)F. The number of nitrogens with one attached hydrogen (secondary N) is 2. The van der Waals surface area contributed by atoms with Gasteiger partial charge in [0.15, 0.2) is 0 Å². The second kappa shape index (κ2) is 16.9. The number of nitrogens with zero attached hydrogens (tertiary/aromatic N) is 3. The Bertz CT molecular complexity index is 1310. The molecule has 1 aromatic heterocycles. The quantitative estimate of drug-likeness (QED) is 0.200. The van der Waals surface area contributed by atoms with Gasteiger partial charge in [0.2, 0.25) is 11.7 Å². The third-order valence-electron chi connectivity index (χ3n) is 6.74. The van der Waals surface area contributed by atoms with Crippen molar-refractivity contribution < 1.29 is 42.9 Å². The number of carbonyl (C=O) groups is 3. The third kappa shape index (κ3) is 11.4. The topological polar surface area (TPSA) is 206 Å². The van der Waals surface area contributed by atoms with Crippen LogP contribution in [0.1, 0.15) is 71.9 Å². The normalized spacial score (nSPS) is 15.1. The average Bonchev–Trinajstić information content (AvgIpc) is 3.48. The molecule has 0 spiro atoms. The van der Waals surface area contributed by atoms with Gasteiger partial charge in [0.1, 0.15) is 11.8 Å². The first-order chi connectivity index (χ1) is 20.4. The fourth-order valence-corrected chi connectivity index (χ4v) is 4.52. The van der Waals surface area contributed by atoms with E-state index in [1.165, 1.54) is 35.7 Å². The molecule has 2 aliphatic rings. The lowest BCUT2D eigenvalue weighted by Crippen LogP contribution is -2.43. The summed E-state index contributed by atoms with van der Waals surface area (Å²) in [5.41, 5.74) is 11.3. The minimum atomic E-state index is -5.08. The summed E-state index contributed by atoms with van der Waals surface area (Å²) in [6, 6.07) is 8.22. The first-order valence-electron chi connectivity index (χ1n) is 13.5. The van der Waals surface area contributed by atoms with Gasteiger partial charge in [-0.2, -0.15) is 18.4 Å². The number of rotatable bonds is 7. The van der Waals surface area contributed by atoms with Crippen LogP contribution in [-0.2, 0) is 9.59 Å². The second-order valence-corrected chi connectivity index (χ2v) is 9.74. The molecule has 2 aromatic rings. The number of allylic oxidation sites excluding steroid dienone is 2. The van der Waals surface area contributed by atoms with Crippen LogP contribution in [-0.4, -0.2) is 87.0 Å². The van der Waals surface area contributed by atoms with Crippen LogP contribution in [0.25, 0.3) is 5.57 Å². The molecular formula is C28H35F3N6O6. The van der Waals surface area contributed by atoms with Gasteiger partial charge in [0.05, 0.1) is 19.3 Å². The molecule has 1 saturated heterocycles. The highest BCUT2D eigenvalue weighted by Crippen LogP contribution is 2.35. The van der Waals surface area contributed by atoms with Crippen molar-refractivity contribution >= 4 is 29.1 Å². The van der Waals surface area contributed by atoms with Crippen molar-refractivity contribution in [3.8, 4) is 6.07 Å². The summed E-state index contributed by atoms with van der Waals surface area (Å²) in [5.74, 6) is -3.51. The monoisotopic (exact) mass is 608 g/mol. The molecule has 234 valence electrons. The van der Waals surface area contributed by atoms with E-state index >= 15 is 0 Å². The van der Waals surface area contributed by atoms with Crippen LogP contribution in [0.4, 0.5) is 18.9 Å². The molecule has 0 atom stereocenters. The Kier molecular flexibility index (Phi) is 13.7. The van der Waals surface area contributed by atoms with E-state index in [9.17, 15) is 22.8 Å². The van der Waals surface area contributed by atoms with E-state index in [0.717, 1.165) is 44.5 Å². The molecule has 1 amide bonds. The standard InChI is InChI=1S/C21H31N3O2.C5H3N3O2.C2HF3O2/c22-20-7-6-18(14-19(20)17-4-2-1-3-5-17)16-8-11-24(12-9-16)21(26)15-23-10-13-25;6-1-3-2-7-4(8-3)5(9)10;3-2(4,5)1(6)7/h4,6-7,14,16,23,25H,1-3,5,8-13,15,22H2;2H,(H,7,8)(H,9,10);(H,6,7). The fourth-order valence-electron chi connectivity index (χ4n) is 4.52. The maximum atomic E-state index is 12.2. The van der Waals surface area contributed by atoms with Crippen LogP contribution >= 0.6 is 0 Å². The minimum absolute atomic E-state index is 0.0608. The number of aromatic nitrogens is 2. The van der Waals surface area contributed by atoms with E-state index in [1.54, 1.807) is 6.07 Å². The van der Waals surface area contributed by atoms with Crippen molar-refractivity contribution in [1.29, 1.82) is 5.26 Å². The molecule has 4 rings (SSSR count). The Morgan fingerprint density at radius 1 is 1.19 bits per heavy atom. The number of aliphatic carboxylic acids is 1. The first kappa shape index (κ1) is 34.8. The predicted octanol–water partition coefficient (Wildman–Crippen LogP) is 3.13. The van der Waals surface area contributed by atoms with Gasteiger partial charge in [0.25, 0.3) is 0 Å². The van der Waals surface area contributed by atoms with Gasteiger partial charge in [0, 0.05) is 30.9 Å². The van der Waals surface area contributed by atoms with Crippen molar-refractivity contribution in [2.24, 2.45) is 0 Å². The first-order valence-corrected chi connectivity index (χ1v) is 13.5. The minimum Gasteiger partial charge on any atom is -0.475 e. The number of likely N-dealkylation sites (tertiary alicyclic amines) is 1. The zero-order valence-electron chi connectivity index (χ0n) is 23.4. The number of nitrogen functional groups attached to an aromatic ring is 1. The third-order valence-corrected chi connectivity index (χ3v) is 6.74. The van der Waals surface area contributed by atoms with Gasteiger partial charge in [-0.15, -0.1) is 0 Å². The van der Waals surface area contributed by atoms with Crippen LogP contribution in [0.3, 0.4) is 0 Å². The van der Waals surface area contributed by atoms with E-state index < -0.39 is 18.1 Å². The molecule has 1 aromatic carbocycles.